The van der Waals surface area contributed by atoms with Crippen LogP contribution >= 0.6 is 0 Å². The maximum Gasteiger partial charge on any atom is 0.406 e. The van der Waals surface area contributed by atoms with E-state index in [1.807, 2.05) is 0 Å². The number of esters is 1. The molecule has 0 radical (unpaired) electrons. The van der Waals surface area contributed by atoms with E-state index in [4.69, 9.17) is 0 Å². The number of hydrogen-bond donors (Lipinski definition) is 1. The van der Waals surface area contributed by atoms with E-state index in [1.54, 1.807) is 0 Å². The number of non-ortho nitro benzene ring substituents is 1. The second-order valence-corrected chi connectivity index (χ2v) is 4.46. The van der Waals surface area contributed by atoms with E-state index in [2.05, 4.69) is 9.72 Å². The van der Waals surface area contributed by atoms with Crippen molar-refractivity contribution in [2.24, 2.45) is 0 Å². The summed E-state index contributed by atoms with van der Waals surface area (Å²) in [5, 5.41) is 10.7. The van der Waals surface area contributed by atoms with Crippen molar-refractivity contribution in [1.29, 1.82) is 0 Å². The fraction of sp³-hybridized carbons (Fsp3) is 0.308. The van der Waals surface area contributed by atoms with Crippen LogP contribution in [0.4, 0.5) is 18.9 Å². The molecule has 0 aliphatic heterocycles. The van der Waals surface area contributed by atoms with Crippen LogP contribution in [0, 0.1) is 10.1 Å². The highest BCUT2D eigenvalue weighted by Crippen LogP contribution is 2.39. The first kappa shape index (κ1) is 15.8. The quantitative estimate of drug-likeness (QED) is 0.533. The van der Waals surface area contributed by atoms with E-state index in [1.165, 1.54) is 13.0 Å². The molecule has 9 heteroatoms. The zero-order chi connectivity index (χ0) is 16.5. The van der Waals surface area contributed by atoms with Crippen molar-refractivity contribution in [3.8, 4) is 0 Å². The van der Waals surface area contributed by atoms with E-state index in [0.717, 1.165) is 18.3 Å². The average molecular weight is 316 g/mol. The number of fused-ring (bicyclic) bond motifs is 1. The molecule has 0 saturated heterocycles. The number of aromatic nitrogens is 1. The highest BCUT2D eigenvalue weighted by molar-refractivity contribution is 5.91. The molecule has 0 spiro atoms. The molecular weight excluding hydrogens is 305 g/mol. The molecule has 118 valence electrons. The largest absolute Gasteiger partial charge is 0.465 e. The van der Waals surface area contributed by atoms with Crippen molar-refractivity contribution in [1.82, 2.24) is 4.98 Å². The van der Waals surface area contributed by atoms with Crippen molar-refractivity contribution in [2.45, 2.75) is 19.0 Å². The maximum absolute atomic E-state index is 13.2. The van der Waals surface area contributed by atoms with Gasteiger partial charge < -0.3 is 9.72 Å². The topological polar surface area (TPSA) is 85.2 Å². The molecule has 0 aliphatic rings. The van der Waals surface area contributed by atoms with Crippen molar-refractivity contribution in [3.63, 3.8) is 0 Å². The monoisotopic (exact) mass is 316 g/mol. The molecule has 2 rings (SSSR count). The number of nitrogens with zero attached hydrogens (tertiary/aromatic N) is 1. The molecule has 0 bridgehead atoms. The number of hydrogen-bond acceptors (Lipinski definition) is 4. The fourth-order valence-corrected chi connectivity index (χ4v) is 2.15. The third kappa shape index (κ3) is 2.87. The van der Waals surface area contributed by atoms with E-state index in [9.17, 15) is 28.1 Å². The lowest BCUT2D eigenvalue weighted by molar-refractivity contribution is -0.384. The van der Waals surface area contributed by atoms with Crippen LogP contribution in [0.25, 0.3) is 10.9 Å². The molecule has 6 nitrogen and oxygen atoms in total. The lowest BCUT2D eigenvalue weighted by atomic mass is 9.97. The van der Waals surface area contributed by atoms with E-state index < -0.39 is 28.6 Å². The number of rotatable bonds is 4. The van der Waals surface area contributed by atoms with Gasteiger partial charge in [0.15, 0.2) is 5.92 Å². The van der Waals surface area contributed by atoms with Gasteiger partial charge in [0, 0.05) is 34.8 Å². The van der Waals surface area contributed by atoms with Gasteiger partial charge in [0.25, 0.3) is 5.69 Å². The normalized spacial score (nSPS) is 13.1. The molecule has 1 aromatic carbocycles. The van der Waals surface area contributed by atoms with Crippen molar-refractivity contribution in [3.05, 3.63) is 40.1 Å². The van der Waals surface area contributed by atoms with Crippen LogP contribution in [0.2, 0.25) is 0 Å². The van der Waals surface area contributed by atoms with Crippen LogP contribution in [0.15, 0.2) is 24.4 Å². The number of benzene rings is 1. The zero-order valence-electron chi connectivity index (χ0n) is 11.3. The second kappa shape index (κ2) is 5.66. The summed E-state index contributed by atoms with van der Waals surface area (Å²) in [7, 11) is 0. The number of ether oxygens (including phenoxy) is 1. The van der Waals surface area contributed by atoms with Crippen LogP contribution in [-0.4, -0.2) is 28.7 Å². The Morgan fingerprint density at radius 3 is 2.68 bits per heavy atom. The summed E-state index contributed by atoms with van der Waals surface area (Å²) in [4.78, 5) is 24.3. The van der Waals surface area contributed by atoms with Gasteiger partial charge in [0.2, 0.25) is 0 Å². The van der Waals surface area contributed by atoms with Gasteiger partial charge in [-0.1, -0.05) is 0 Å². The van der Waals surface area contributed by atoms with Gasteiger partial charge in [-0.3, -0.25) is 14.9 Å². The molecule has 1 aromatic heterocycles. The van der Waals surface area contributed by atoms with Gasteiger partial charge in [-0.05, 0) is 13.0 Å². The number of nitro benzene ring substituents is 1. The summed E-state index contributed by atoms with van der Waals surface area (Å²) in [6.07, 6.45) is -3.85. The van der Waals surface area contributed by atoms with Gasteiger partial charge >= 0.3 is 12.1 Å². The van der Waals surface area contributed by atoms with E-state index in [-0.39, 0.29) is 23.2 Å². The molecule has 0 fully saturated rings. The summed E-state index contributed by atoms with van der Waals surface area (Å²) >= 11 is 0. The molecule has 0 saturated carbocycles. The Balaban J connectivity index is 2.61. The van der Waals surface area contributed by atoms with Crippen LogP contribution in [0.5, 0.6) is 0 Å². The third-order valence-corrected chi connectivity index (χ3v) is 3.07. The molecule has 1 N–H and O–H groups in total. The number of H-pyrrole nitrogens is 1. The smallest absolute Gasteiger partial charge is 0.406 e. The number of aromatic amines is 1. The Bertz CT molecular complexity index is 724. The molecule has 22 heavy (non-hydrogen) atoms. The standard InChI is InChI=1S/C13H11F3N2O4/c1-2-22-12(19)11(13(14,15)16)9-6-17-10-4-3-7(18(20)21)5-8(9)10/h3-6,11,17H,2H2,1H3. The van der Waals surface area contributed by atoms with Crippen molar-refractivity contribution >= 4 is 22.6 Å². The predicted octanol–water partition coefficient (Wildman–Crippen LogP) is 3.29. The number of nitrogens with one attached hydrogen (secondary N) is 1. The van der Waals surface area contributed by atoms with E-state index >= 15 is 0 Å². The maximum atomic E-state index is 13.2. The number of carbonyl (C=O) groups excluding carboxylic acids is 1. The van der Waals surface area contributed by atoms with Crippen LogP contribution in [-0.2, 0) is 9.53 Å². The minimum atomic E-state index is -4.87. The Morgan fingerprint density at radius 1 is 1.45 bits per heavy atom. The number of alkyl halides is 3. The summed E-state index contributed by atoms with van der Waals surface area (Å²) in [5.41, 5.74) is -0.498. The third-order valence-electron chi connectivity index (χ3n) is 3.07. The van der Waals surface area contributed by atoms with Gasteiger partial charge in [-0.15, -0.1) is 0 Å². The van der Waals surface area contributed by atoms with Gasteiger partial charge in [0.1, 0.15) is 0 Å². The highest BCUT2D eigenvalue weighted by Gasteiger charge is 2.48. The fourth-order valence-electron chi connectivity index (χ4n) is 2.15. The molecule has 0 amide bonds. The summed E-state index contributed by atoms with van der Waals surface area (Å²) < 4.78 is 44.1. The Labute approximate surface area is 122 Å². The molecule has 1 unspecified atom stereocenters. The number of nitro groups is 1. The van der Waals surface area contributed by atoms with Crippen LogP contribution in [0.3, 0.4) is 0 Å². The first-order valence-corrected chi connectivity index (χ1v) is 6.24. The first-order chi connectivity index (χ1) is 10.3. The Kier molecular flexibility index (Phi) is 4.07. The van der Waals surface area contributed by atoms with Crippen molar-refractivity contribution < 1.29 is 27.6 Å². The van der Waals surface area contributed by atoms with Gasteiger partial charge in [-0.2, -0.15) is 13.2 Å². The molecule has 1 atom stereocenters. The number of carbonyl (C=O) groups is 1. The van der Waals surface area contributed by atoms with Gasteiger partial charge in [-0.25, -0.2) is 0 Å². The predicted molar refractivity (Wildman–Crippen MR) is 70.4 cm³/mol. The Hall–Kier alpha value is -2.58. The molecule has 1 heterocycles. The molecular formula is C13H11F3N2O4. The minimum Gasteiger partial charge on any atom is -0.465 e. The highest BCUT2D eigenvalue weighted by atomic mass is 19.4. The van der Waals surface area contributed by atoms with E-state index in [0.29, 0.717) is 0 Å². The average Bonchev–Trinajstić information content (AvgIpc) is 2.80. The van der Waals surface area contributed by atoms with Crippen molar-refractivity contribution in [2.75, 3.05) is 6.61 Å². The molecule has 0 aliphatic carbocycles. The SMILES string of the molecule is CCOC(=O)C(c1c[nH]c2ccc([N+](=O)[O-])cc12)C(F)(F)F. The van der Waals surface area contributed by atoms with Crippen LogP contribution in [0.1, 0.15) is 18.4 Å². The lowest BCUT2D eigenvalue weighted by Crippen LogP contribution is -2.30. The Morgan fingerprint density at radius 2 is 2.14 bits per heavy atom. The molecule has 2 aromatic rings. The number of halogens is 3. The first-order valence-electron chi connectivity index (χ1n) is 6.24. The zero-order valence-corrected chi connectivity index (χ0v) is 11.3. The van der Waals surface area contributed by atoms with Gasteiger partial charge in [0.05, 0.1) is 11.5 Å². The summed E-state index contributed by atoms with van der Waals surface area (Å²) in [6, 6.07) is 3.45. The minimum absolute atomic E-state index is 0.0374. The summed E-state index contributed by atoms with van der Waals surface area (Å²) in [6.45, 7) is 1.19. The van der Waals surface area contributed by atoms with Crippen LogP contribution < -0.4 is 0 Å². The summed E-state index contributed by atoms with van der Waals surface area (Å²) in [5.74, 6) is -3.94. The lowest BCUT2D eigenvalue weighted by Gasteiger charge is -2.18. The second-order valence-electron chi connectivity index (χ2n) is 4.46.